The van der Waals surface area contributed by atoms with E-state index in [1.807, 2.05) is 36.4 Å². The van der Waals surface area contributed by atoms with Gasteiger partial charge in [-0.05, 0) is 37.1 Å². The van der Waals surface area contributed by atoms with Gasteiger partial charge in [-0.15, -0.1) is 12.3 Å². The molecule has 0 aliphatic heterocycles. The summed E-state index contributed by atoms with van der Waals surface area (Å²) in [5.74, 6) is 2.71. The van der Waals surface area contributed by atoms with E-state index in [4.69, 9.17) is 6.42 Å². The Morgan fingerprint density at radius 1 is 0.731 bits per heavy atom. The number of rotatable bonds is 9. The molecule has 0 unspecified atom stereocenters. The number of nitrogens with zero attached hydrogens (tertiary/aromatic N) is 1. The van der Waals surface area contributed by atoms with E-state index in [-0.39, 0.29) is 5.43 Å². The van der Waals surface area contributed by atoms with Crippen LogP contribution in [0.5, 0.6) is 0 Å². The maximum absolute atomic E-state index is 12.7. The van der Waals surface area contributed by atoms with E-state index in [9.17, 15) is 4.79 Å². The van der Waals surface area contributed by atoms with Crippen LogP contribution >= 0.6 is 0 Å². The van der Waals surface area contributed by atoms with Crippen LogP contribution in [0.2, 0.25) is 0 Å². The second-order valence-electron chi connectivity index (χ2n) is 6.94. The molecule has 1 aromatic heterocycles. The normalized spacial score (nSPS) is 11.0. The molecule has 134 valence electrons. The molecule has 3 rings (SSSR count). The van der Waals surface area contributed by atoms with Crippen LogP contribution in [0.25, 0.3) is 21.8 Å². The molecule has 0 radical (unpaired) electrons. The van der Waals surface area contributed by atoms with E-state index in [1.54, 1.807) is 0 Å². The summed E-state index contributed by atoms with van der Waals surface area (Å²) in [4.78, 5) is 12.7. The van der Waals surface area contributed by atoms with Crippen molar-refractivity contribution in [3.63, 3.8) is 0 Å². The maximum Gasteiger partial charge on any atom is 0.197 e. The zero-order chi connectivity index (χ0) is 18.2. The van der Waals surface area contributed by atoms with Gasteiger partial charge in [0.1, 0.15) is 0 Å². The molecule has 0 aliphatic carbocycles. The van der Waals surface area contributed by atoms with Crippen molar-refractivity contribution in [1.29, 1.82) is 0 Å². The van der Waals surface area contributed by atoms with E-state index in [0.29, 0.717) is 0 Å². The maximum atomic E-state index is 12.7. The molecule has 0 amide bonds. The van der Waals surface area contributed by atoms with Crippen LogP contribution in [0.1, 0.15) is 51.4 Å². The van der Waals surface area contributed by atoms with E-state index in [2.05, 4.69) is 22.6 Å². The Labute approximate surface area is 155 Å². The Kier molecular flexibility index (Phi) is 6.50. The number of unbranched alkanes of at least 4 members (excludes halogenated alkanes) is 7. The zero-order valence-electron chi connectivity index (χ0n) is 15.4. The third-order valence-electron chi connectivity index (χ3n) is 5.08. The highest BCUT2D eigenvalue weighted by Crippen LogP contribution is 2.20. The van der Waals surface area contributed by atoms with Crippen molar-refractivity contribution in [2.45, 2.75) is 57.9 Å². The minimum absolute atomic E-state index is 0.138. The predicted octanol–water partition coefficient (Wildman–Crippen LogP) is 5.91. The van der Waals surface area contributed by atoms with Crippen LogP contribution in [0.3, 0.4) is 0 Å². The number of aryl methyl sites for hydroxylation is 1. The quantitative estimate of drug-likeness (QED) is 0.268. The fourth-order valence-electron chi connectivity index (χ4n) is 3.70. The summed E-state index contributed by atoms with van der Waals surface area (Å²) >= 11 is 0. The van der Waals surface area contributed by atoms with Crippen molar-refractivity contribution >= 4 is 21.8 Å². The van der Waals surface area contributed by atoms with Crippen molar-refractivity contribution in [1.82, 2.24) is 4.57 Å². The highest BCUT2D eigenvalue weighted by atomic mass is 16.1. The lowest BCUT2D eigenvalue weighted by molar-refractivity contribution is 0.556. The topological polar surface area (TPSA) is 22.0 Å². The number of terminal acetylenes is 1. The van der Waals surface area contributed by atoms with Crippen LogP contribution in [-0.2, 0) is 6.54 Å². The summed E-state index contributed by atoms with van der Waals surface area (Å²) in [5.41, 5.74) is 2.23. The highest BCUT2D eigenvalue weighted by Gasteiger charge is 2.09. The zero-order valence-corrected chi connectivity index (χ0v) is 15.4. The Balaban J connectivity index is 1.67. The largest absolute Gasteiger partial charge is 0.340 e. The van der Waals surface area contributed by atoms with Gasteiger partial charge in [-0.1, -0.05) is 56.4 Å². The summed E-state index contributed by atoms with van der Waals surface area (Å²) in [6, 6.07) is 15.9. The van der Waals surface area contributed by atoms with Crippen molar-refractivity contribution in [2.75, 3.05) is 0 Å². The molecule has 2 heteroatoms. The van der Waals surface area contributed by atoms with Gasteiger partial charge < -0.3 is 4.57 Å². The van der Waals surface area contributed by atoms with Crippen molar-refractivity contribution in [3.05, 3.63) is 58.8 Å². The van der Waals surface area contributed by atoms with Gasteiger partial charge in [0.2, 0.25) is 0 Å². The smallest absolute Gasteiger partial charge is 0.197 e. The van der Waals surface area contributed by atoms with E-state index in [1.165, 1.54) is 32.1 Å². The van der Waals surface area contributed by atoms with Crippen molar-refractivity contribution < 1.29 is 0 Å². The Bertz CT molecular complexity index is 901. The third-order valence-corrected chi connectivity index (χ3v) is 5.08. The molecule has 3 aromatic rings. The van der Waals surface area contributed by atoms with Crippen LogP contribution < -0.4 is 5.43 Å². The monoisotopic (exact) mass is 345 g/mol. The third kappa shape index (κ3) is 4.17. The van der Waals surface area contributed by atoms with Crippen LogP contribution in [0, 0.1) is 12.3 Å². The lowest BCUT2D eigenvalue weighted by Crippen LogP contribution is -2.11. The van der Waals surface area contributed by atoms with E-state index in [0.717, 1.165) is 47.6 Å². The van der Waals surface area contributed by atoms with Gasteiger partial charge in [0, 0.05) is 23.7 Å². The number of benzene rings is 2. The Hall–Kier alpha value is -2.53. The minimum Gasteiger partial charge on any atom is -0.340 e. The van der Waals surface area contributed by atoms with Gasteiger partial charge >= 0.3 is 0 Å². The van der Waals surface area contributed by atoms with Crippen LogP contribution in [-0.4, -0.2) is 4.57 Å². The summed E-state index contributed by atoms with van der Waals surface area (Å²) in [6.07, 6.45) is 14.8. The van der Waals surface area contributed by atoms with Gasteiger partial charge in [0.05, 0.1) is 11.0 Å². The first-order valence-corrected chi connectivity index (χ1v) is 9.76. The molecule has 2 aromatic carbocycles. The molecule has 0 atom stereocenters. The van der Waals surface area contributed by atoms with Gasteiger partial charge in [0.25, 0.3) is 0 Å². The first-order chi connectivity index (χ1) is 12.8. The second-order valence-corrected chi connectivity index (χ2v) is 6.94. The standard InChI is InChI=1S/C24H27NO/c1-2-3-4-5-6-7-8-9-14-19-25-22-17-12-10-15-20(22)24(26)21-16-11-13-18-23(21)25/h1,10-13,15-18H,3-9,14,19H2. The molecule has 0 aliphatic rings. The van der Waals surface area contributed by atoms with Crippen LogP contribution in [0.15, 0.2) is 53.3 Å². The summed E-state index contributed by atoms with van der Waals surface area (Å²) < 4.78 is 2.32. The first kappa shape index (κ1) is 18.3. The summed E-state index contributed by atoms with van der Waals surface area (Å²) in [6.45, 7) is 0.957. The first-order valence-electron chi connectivity index (χ1n) is 9.76. The molecular weight excluding hydrogens is 318 g/mol. The average molecular weight is 345 g/mol. The van der Waals surface area contributed by atoms with Gasteiger partial charge in [-0.25, -0.2) is 0 Å². The van der Waals surface area contributed by atoms with Crippen molar-refractivity contribution in [2.24, 2.45) is 0 Å². The number of pyridine rings is 1. The summed E-state index contributed by atoms with van der Waals surface area (Å²) in [7, 11) is 0. The van der Waals surface area contributed by atoms with E-state index < -0.39 is 0 Å². The minimum atomic E-state index is 0.138. The lowest BCUT2D eigenvalue weighted by atomic mass is 10.1. The molecule has 26 heavy (non-hydrogen) atoms. The van der Waals surface area contributed by atoms with Crippen molar-refractivity contribution in [3.8, 4) is 12.3 Å². The molecule has 0 N–H and O–H groups in total. The highest BCUT2D eigenvalue weighted by molar-refractivity contribution is 5.93. The van der Waals surface area contributed by atoms with E-state index >= 15 is 0 Å². The predicted molar refractivity (Wildman–Crippen MR) is 111 cm³/mol. The molecule has 0 fully saturated rings. The number of fused-ring (bicyclic) bond motifs is 2. The fourth-order valence-corrected chi connectivity index (χ4v) is 3.70. The molecule has 1 heterocycles. The molecular formula is C24H27NO. The average Bonchev–Trinajstić information content (AvgIpc) is 2.69. The fraction of sp³-hybridized carbons (Fsp3) is 0.375. The van der Waals surface area contributed by atoms with Crippen LogP contribution in [0.4, 0.5) is 0 Å². The number of aromatic nitrogens is 1. The molecule has 0 spiro atoms. The van der Waals surface area contributed by atoms with Gasteiger partial charge in [-0.3, -0.25) is 4.79 Å². The van der Waals surface area contributed by atoms with Gasteiger partial charge in [-0.2, -0.15) is 0 Å². The number of hydrogen-bond donors (Lipinski definition) is 0. The number of hydrogen-bond acceptors (Lipinski definition) is 1. The molecule has 0 saturated carbocycles. The van der Waals surface area contributed by atoms with Gasteiger partial charge in [0.15, 0.2) is 5.43 Å². The lowest BCUT2D eigenvalue weighted by Gasteiger charge is -2.15. The molecule has 0 saturated heterocycles. The summed E-state index contributed by atoms with van der Waals surface area (Å²) in [5, 5.41) is 1.64. The molecule has 0 bridgehead atoms. The molecule has 2 nitrogen and oxygen atoms in total. The SMILES string of the molecule is C#CCCCCCCCCCn1c2ccccc2c(=O)c2ccccc21. The Morgan fingerprint density at radius 3 is 1.81 bits per heavy atom. The Morgan fingerprint density at radius 2 is 1.23 bits per heavy atom. The second kappa shape index (κ2) is 9.25. The number of para-hydroxylation sites is 2.